The van der Waals surface area contributed by atoms with Crippen molar-refractivity contribution in [1.29, 1.82) is 0 Å². The maximum absolute atomic E-state index is 13.1. The van der Waals surface area contributed by atoms with Gasteiger partial charge in [-0.3, -0.25) is 0 Å². The largest absolute Gasteiger partial charge is 0.310 e. The van der Waals surface area contributed by atoms with E-state index in [0.717, 1.165) is 17.4 Å². The lowest BCUT2D eigenvalue weighted by Gasteiger charge is -2.25. The molecule has 1 N–H and O–H groups in total. The number of halogens is 2. The lowest BCUT2D eigenvalue weighted by atomic mass is 9.91. The third-order valence-corrected chi connectivity index (χ3v) is 3.54. The van der Waals surface area contributed by atoms with Crippen molar-refractivity contribution in [2.45, 2.75) is 25.3 Å². The van der Waals surface area contributed by atoms with Crippen LogP contribution in [-0.2, 0) is 0 Å². The Morgan fingerprint density at radius 2 is 2.31 bits per heavy atom. The highest BCUT2D eigenvalue weighted by Crippen LogP contribution is 2.34. The SMILES string of the molecule is FC1=CC2NCCCCC2C(Br)=C1. The highest BCUT2D eigenvalue weighted by atomic mass is 79.9. The number of rotatable bonds is 0. The third kappa shape index (κ3) is 2.02. The molecule has 1 fully saturated rings. The van der Waals surface area contributed by atoms with Crippen LogP contribution in [0.5, 0.6) is 0 Å². The van der Waals surface area contributed by atoms with E-state index in [1.165, 1.54) is 12.8 Å². The van der Waals surface area contributed by atoms with E-state index < -0.39 is 0 Å². The van der Waals surface area contributed by atoms with Crippen LogP contribution >= 0.6 is 15.9 Å². The Morgan fingerprint density at radius 3 is 3.15 bits per heavy atom. The van der Waals surface area contributed by atoms with Crippen molar-refractivity contribution >= 4 is 15.9 Å². The van der Waals surface area contributed by atoms with Gasteiger partial charge in [0.25, 0.3) is 0 Å². The lowest BCUT2D eigenvalue weighted by Crippen LogP contribution is -2.34. The summed E-state index contributed by atoms with van der Waals surface area (Å²) in [6, 6.07) is 0.196. The summed E-state index contributed by atoms with van der Waals surface area (Å²) in [6.45, 7) is 1.01. The van der Waals surface area contributed by atoms with Crippen LogP contribution in [0.3, 0.4) is 0 Å². The van der Waals surface area contributed by atoms with E-state index in [2.05, 4.69) is 21.2 Å². The quantitative estimate of drug-likeness (QED) is 0.693. The topological polar surface area (TPSA) is 12.0 Å². The van der Waals surface area contributed by atoms with Gasteiger partial charge in [-0.15, -0.1) is 0 Å². The first-order valence-corrected chi connectivity index (χ1v) is 5.54. The second-order valence-electron chi connectivity index (χ2n) is 3.66. The fourth-order valence-electron chi connectivity index (χ4n) is 2.02. The van der Waals surface area contributed by atoms with Crippen molar-refractivity contribution in [3.05, 3.63) is 22.5 Å². The summed E-state index contributed by atoms with van der Waals surface area (Å²) in [6.07, 6.45) is 6.86. The van der Waals surface area contributed by atoms with Crippen LogP contribution in [0.25, 0.3) is 0 Å². The Kier molecular flexibility index (Phi) is 2.84. The zero-order valence-electron chi connectivity index (χ0n) is 7.39. The number of hydrogen-bond acceptors (Lipinski definition) is 1. The van der Waals surface area contributed by atoms with Gasteiger partial charge in [-0.05, 0) is 31.5 Å². The number of nitrogens with one attached hydrogen (secondary N) is 1. The summed E-state index contributed by atoms with van der Waals surface area (Å²) < 4.78 is 14.1. The molecule has 0 spiro atoms. The van der Waals surface area contributed by atoms with Crippen LogP contribution < -0.4 is 5.32 Å². The summed E-state index contributed by atoms with van der Waals surface area (Å²) >= 11 is 3.45. The van der Waals surface area contributed by atoms with Gasteiger partial charge >= 0.3 is 0 Å². The van der Waals surface area contributed by atoms with Gasteiger partial charge in [0.2, 0.25) is 0 Å². The molecule has 0 saturated carbocycles. The van der Waals surface area contributed by atoms with Crippen LogP contribution in [0.15, 0.2) is 22.5 Å². The molecular formula is C10H13BrFN. The summed E-state index contributed by atoms with van der Waals surface area (Å²) in [5.74, 6) is 0.324. The minimum absolute atomic E-state index is 0.123. The molecule has 0 amide bonds. The molecule has 3 heteroatoms. The van der Waals surface area contributed by atoms with E-state index in [-0.39, 0.29) is 11.9 Å². The first-order valence-electron chi connectivity index (χ1n) is 4.75. The molecule has 1 saturated heterocycles. The minimum Gasteiger partial charge on any atom is -0.310 e. The maximum Gasteiger partial charge on any atom is 0.121 e. The molecule has 0 aromatic carbocycles. The molecular weight excluding hydrogens is 233 g/mol. The second-order valence-corrected chi connectivity index (χ2v) is 4.58. The van der Waals surface area contributed by atoms with Crippen LogP contribution in [0.1, 0.15) is 19.3 Å². The second kappa shape index (κ2) is 3.93. The number of fused-ring (bicyclic) bond motifs is 1. The maximum atomic E-state index is 13.1. The van der Waals surface area contributed by atoms with E-state index in [1.807, 2.05) is 0 Å². The van der Waals surface area contributed by atoms with Gasteiger partial charge in [0.05, 0.1) is 0 Å². The summed E-state index contributed by atoms with van der Waals surface area (Å²) in [5.41, 5.74) is 0. The number of allylic oxidation sites excluding steroid dienone is 2. The van der Waals surface area contributed by atoms with E-state index in [9.17, 15) is 4.39 Å². The van der Waals surface area contributed by atoms with Gasteiger partial charge in [0.15, 0.2) is 0 Å². The van der Waals surface area contributed by atoms with E-state index in [0.29, 0.717) is 5.92 Å². The summed E-state index contributed by atoms with van der Waals surface area (Å²) in [5, 5.41) is 3.36. The highest BCUT2D eigenvalue weighted by molar-refractivity contribution is 9.11. The zero-order chi connectivity index (χ0) is 9.26. The Morgan fingerprint density at radius 1 is 1.46 bits per heavy atom. The van der Waals surface area contributed by atoms with Gasteiger partial charge in [-0.2, -0.15) is 0 Å². The fraction of sp³-hybridized carbons (Fsp3) is 0.600. The predicted molar refractivity (Wildman–Crippen MR) is 55.3 cm³/mol. The van der Waals surface area contributed by atoms with Gasteiger partial charge in [0, 0.05) is 16.4 Å². The number of hydrogen-bond donors (Lipinski definition) is 1. The predicted octanol–water partition coefficient (Wildman–Crippen LogP) is 2.89. The van der Waals surface area contributed by atoms with E-state index in [1.54, 1.807) is 12.2 Å². The van der Waals surface area contributed by atoms with E-state index in [4.69, 9.17) is 0 Å². The van der Waals surface area contributed by atoms with Gasteiger partial charge in [-0.1, -0.05) is 22.4 Å². The molecule has 1 nitrogen and oxygen atoms in total. The lowest BCUT2D eigenvalue weighted by molar-refractivity contribution is 0.467. The van der Waals surface area contributed by atoms with Crippen molar-refractivity contribution in [1.82, 2.24) is 5.32 Å². The van der Waals surface area contributed by atoms with Crippen molar-refractivity contribution in [3.63, 3.8) is 0 Å². The Balaban J connectivity index is 2.20. The van der Waals surface area contributed by atoms with Gasteiger partial charge in [0.1, 0.15) is 5.83 Å². The van der Waals surface area contributed by atoms with Crippen molar-refractivity contribution in [2.24, 2.45) is 5.92 Å². The molecule has 2 atom stereocenters. The Labute approximate surface area is 86.2 Å². The van der Waals surface area contributed by atoms with Crippen LogP contribution in [-0.4, -0.2) is 12.6 Å². The molecule has 1 aliphatic carbocycles. The van der Waals surface area contributed by atoms with Crippen LogP contribution in [0.2, 0.25) is 0 Å². The van der Waals surface area contributed by atoms with Gasteiger partial charge < -0.3 is 5.32 Å². The Bertz CT molecular complexity index is 260. The van der Waals surface area contributed by atoms with Crippen molar-refractivity contribution in [3.8, 4) is 0 Å². The molecule has 72 valence electrons. The molecule has 0 bridgehead atoms. The zero-order valence-corrected chi connectivity index (χ0v) is 8.98. The Hall–Kier alpha value is -0.150. The molecule has 0 radical (unpaired) electrons. The van der Waals surface area contributed by atoms with Crippen molar-refractivity contribution in [2.75, 3.05) is 6.54 Å². The molecule has 1 heterocycles. The highest BCUT2D eigenvalue weighted by Gasteiger charge is 2.27. The summed E-state index contributed by atoms with van der Waals surface area (Å²) in [4.78, 5) is 0. The normalized spacial score (nSPS) is 34.3. The first-order chi connectivity index (χ1) is 6.27. The molecule has 2 rings (SSSR count). The van der Waals surface area contributed by atoms with Gasteiger partial charge in [-0.25, -0.2) is 4.39 Å². The molecule has 13 heavy (non-hydrogen) atoms. The smallest absolute Gasteiger partial charge is 0.121 e. The van der Waals surface area contributed by atoms with Crippen molar-refractivity contribution < 1.29 is 4.39 Å². The first kappa shape index (κ1) is 9.41. The molecule has 1 aliphatic heterocycles. The summed E-state index contributed by atoms with van der Waals surface area (Å²) in [7, 11) is 0. The third-order valence-electron chi connectivity index (χ3n) is 2.72. The van der Waals surface area contributed by atoms with E-state index >= 15 is 0 Å². The van der Waals surface area contributed by atoms with Crippen LogP contribution in [0.4, 0.5) is 4.39 Å². The molecule has 2 unspecified atom stereocenters. The fourth-order valence-corrected chi connectivity index (χ4v) is 2.76. The molecule has 2 aliphatic rings. The standard InChI is InChI=1S/C10H13BrFN/c11-9-5-7(12)6-10-8(9)3-1-2-4-13-10/h5-6,8,10,13H,1-4H2. The molecule has 0 aromatic heterocycles. The minimum atomic E-state index is -0.123. The molecule has 0 aromatic rings. The monoisotopic (exact) mass is 245 g/mol. The average Bonchev–Trinajstić information content (AvgIpc) is 2.28. The average molecular weight is 246 g/mol. The van der Waals surface area contributed by atoms with Crippen LogP contribution in [0, 0.1) is 5.92 Å².